The van der Waals surface area contributed by atoms with Crippen LogP contribution in [0.5, 0.6) is 0 Å². The van der Waals surface area contributed by atoms with Crippen LogP contribution in [0.25, 0.3) is 16.5 Å². The van der Waals surface area contributed by atoms with Crippen LogP contribution >= 0.6 is 23.2 Å². The van der Waals surface area contributed by atoms with E-state index in [1.54, 1.807) is 6.07 Å². The number of hydrogen-bond acceptors (Lipinski definition) is 3. The van der Waals surface area contributed by atoms with E-state index < -0.39 is 0 Å². The number of piperidine rings is 1. The van der Waals surface area contributed by atoms with Gasteiger partial charge in [0, 0.05) is 28.5 Å². The molecule has 2 aliphatic heterocycles. The summed E-state index contributed by atoms with van der Waals surface area (Å²) in [5.74, 6) is 0.243. The number of carbonyl (C=O) groups is 1. The van der Waals surface area contributed by atoms with Gasteiger partial charge in [-0.15, -0.1) is 0 Å². The second kappa shape index (κ2) is 9.49. The monoisotopic (exact) mass is 482 g/mol. The van der Waals surface area contributed by atoms with Crippen molar-refractivity contribution < 1.29 is 4.79 Å². The Hall–Kier alpha value is -2.34. The SMILES string of the molecule is C[C@H](c1ccc(Cl)cc1Cl)n1ncc2ccc(C3=CCN(C(=O)C4CCCCN4)CC3)cc21. The second-order valence-electron chi connectivity index (χ2n) is 8.97. The van der Waals surface area contributed by atoms with Crippen molar-refractivity contribution in [3.05, 3.63) is 69.8 Å². The highest BCUT2D eigenvalue weighted by Gasteiger charge is 2.27. The number of nitrogens with zero attached hydrogens (tertiary/aromatic N) is 3. The molecule has 1 saturated heterocycles. The number of nitrogens with one attached hydrogen (secondary N) is 1. The predicted octanol–water partition coefficient (Wildman–Crippen LogP) is 5.71. The molecule has 1 amide bonds. The Balaban J connectivity index is 1.37. The van der Waals surface area contributed by atoms with Gasteiger partial charge in [0.25, 0.3) is 0 Å². The summed E-state index contributed by atoms with van der Waals surface area (Å²) in [7, 11) is 0. The van der Waals surface area contributed by atoms with Crippen LogP contribution in [0.3, 0.4) is 0 Å². The van der Waals surface area contributed by atoms with E-state index >= 15 is 0 Å². The highest BCUT2D eigenvalue weighted by Crippen LogP contribution is 2.32. The number of benzene rings is 2. The molecule has 1 fully saturated rings. The van der Waals surface area contributed by atoms with Gasteiger partial charge in [-0.05, 0) is 67.6 Å². The van der Waals surface area contributed by atoms with Crippen LogP contribution in [0.2, 0.25) is 10.0 Å². The Morgan fingerprint density at radius 1 is 1.18 bits per heavy atom. The summed E-state index contributed by atoms with van der Waals surface area (Å²) in [4.78, 5) is 14.8. The summed E-state index contributed by atoms with van der Waals surface area (Å²) in [5, 5.41) is 10.4. The average molecular weight is 483 g/mol. The van der Waals surface area contributed by atoms with E-state index in [0.717, 1.165) is 55.2 Å². The second-order valence-corrected chi connectivity index (χ2v) is 9.81. The van der Waals surface area contributed by atoms with Gasteiger partial charge >= 0.3 is 0 Å². The summed E-state index contributed by atoms with van der Waals surface area (Å²) >= 11 is 12.6. The summed E-state index contributed by atoms with van der Waals surface area (Å²) in [6, 6.07) is 12.0. The van der Waals surface area contributed by atoms with Gasteiger partial charge in [0.1, 0.15) is 0 Å². The van der Waals surface area contributed by atoms with Gasteiger partial charge in [-0.2, -0.15) is 5.10 Å². The lowest BCUT2D eigenvalue weighted by Gasteiger charge is -2.32. The normalized spacial score (nSPS) is 20.0. The maximum Gasteiger partial charge on any atom is 0.239 e. The molecule has 0 saturated carbocycles. The summed E-state index contributed by atoms with van der Waals surface area (Å²) < 4.78 is 2.02. The zero-order valence-corrected chi connectivity index (χ0v) is 20.2. The molecule has 1 unspecified atom stereocenters. The molecule has 2 atom stereocenters. The minimum atomic E-state index is -0.0287. The lowest BCUT2D eigenvalue weighted by atomic mass is 9.97. The molecular formula is C26H28Cl2N4O. The van der Waals surface area contributed by atoms with Gasteiger partial charge in [0.15, 0.2) is 0 Å². The number of carbonyl (C=O) groups excluding carboxylic acids is 1. The van der Waals surface area contributed by atoms with E-state index in [1.807, 2.05) is 27.9 Å². The highest BCUT2D eigenvalue weighted by atomic mass is 35.5. The molecule has 5 nitrogen and oxygen atoms in total. The van der Waals surface area contributed by atoms with E-state index in [0.29, 0.717) is 16.6 Å². The van der Waals surface area contributed by atoms with Gasteiger partial charge in [-0.1, -0.05) is 53.9 Å². The van der Waals surface area contributed by atoms with Crippen molar-refractivity contribution in [3.8, 4) is 0 Å². The lowest BCUT2D eigenvalue weighted by Crippen LogP contribution is -2.49. The molecule has 1 aromatic heterocycles. The van der Waals surface area contributed by atoms with Crippen molar-refractivity contribution in [3.63, 3.8) is 0 Å². The van der Waals surface area contributed by atoms with Crippen molar-refractivity contribution in [2.24, 2.45) is 0 Å². The molecule has 0 radical (unpaired) electrons. The summed E-state index contributed by atoms with van der Waals surface area (Å²) in [5.41, 5.74) is 4.51. The highest BCUT2D eigenvalue weighted by molar-refractivity contribution is 6.35. The van der Waals surface area contributed by atoms with Crippen LogP contribution in [0.15, 0.2) is 48.7 Å². The van der Waals surface area contributed by atoms with Gasteiger partial charge < -0.3 is 10.2 Å². The van der Waals surface area contributed by atoms with Crippen LogP contribution < -0.4 is 5.32 Å². The first-order chi connectivity index (χ1) is 16.0. The average Bonchev–Trinajstić information content (AvgIpc) is 3.27. The molecule has 2 aliphatic rings. The van der Waals surface area contributed by atoms with E-state index in [9.17, 15) is 4.79 Å². The van der Waals surface area contributed by atoms with E-state index in [1.165, 1.54) is 11.1 Å². The quantitative estimate of drug-likeness (QED) is 0.517. The van der Waals surface area contributed by atoms with Crippen molar-refractivity contribution >= 4 is 45.6 Å². The first kappa shape index (κ1) is 22.5. The molecule has 2 aromatic carbocycles. The summed E-state index contributed by atoms with van der Waals surface area (Å²) in [6.07, 6.45) is 8.19. The van der Waals surface area contributed by atoms with Crippen LogP contribution in [0.4, 0.5) is 0 Å². The predicted molar refractivity (Wildman–Crippen MR) is 135 cm³/mol. The maximum absolute atomic E-state index is 12.8. The van der Waals surface area contributed by atoms with Gasteiger partial charge in [0.2, 0.25) is 5.91 Å². The van der Waals surface area contributed by atoms with Gasteiger partial charge in [-0.25, -0.2) is 0 Å². The molecule has 0 spiro atoms. The third-order valence-electron chi connectivity index (χ3n) is 6.88. The van der Waals surface area contributed by atoms with E-state index in [-0.39, 0.29) is 18.0 Å². The Morgan fingerprint density at radius 3 is 2.79 bits per heavy atom. The van der Waals surface area contributed by atoms with Crippen molar-refractivity contribution in [2.75, 3.05) is 19.6 Å². The van der Waals surface area contributed by atoms with Crippen molar-refractivity contribution in [1.82, 2.24) is 20.0 Å². The molecule has 1 N–H and O–H groups in total. The number of hydrogen-bond donors (Lipinski definition) is 1. The fourth-order valence-electron chi connectivity index (χ4n) is 4.93. The zero-order valence-electron chi connectivity index (χ0n) is 18.7. The molecule has 7 heteroatoms. The molecule has 3 heterocycles. The molecule has 0 bridgehead atoms. The standard InChI is InChI=1S/C26H28Cl2N4O/c1-17(22-8-7-21(27)15-23(22)28)32-25-14-19(5-6-20(25)16-30-32)18-9-12-31(13-10-18)26(33)24-4-2-3-11-29-24/h5-9,14-17,24,29H,2-4,10-13H2,1H3/t17-,24?/m1/s1. The Morgan fingerprint density at radius 2 is 2.06 bits per heavy atom. The molecule has 33 heavy (non-hydrogen) atoms. The van der Waals surface area contributed by atoms with Crippen molar-refractivity contribution in [1.29, 1.82) is 0 Å². The van der Waals surface area contributed by atoms with Crippen LogP contribution in [0, 0.1) is 0 Å². The van der Waals surface area contributed by atoms with Crippen LogP contribution in [0.1, 0.15) is 49.8 Å². The topological polar surface area (TPSA) is 50.2 Å². The van der Waals surface area contributed by atoms with Crippen molar-refractivity contribution in [2.45, 2.75) is 44.7 Å². The van der Waals surface area contributed by atoms with Crippen LogP contribution in [-0.4, -0.2) is 46.3 Å². The zero-order chi connectivity index (χ0) is 22.9. The number of aromatic nitrogens is 2. The molecule has 0 aliphatic carbocycles. The van der Waals surface area contributed by atoms with Gasteiger partial charge in [0.05, 0.1) is 23.8 Å². The number of amides is 1. The first-order valence-corrected chi connectivity index (χ1v) is 12.4. The minimum absolute atomic E-state index is 0.0134. The van der Waals surface area contributed by atoms with Crippen LogP contribution in [-0.2, 0) is 4.79 Å². The molecule has 3 aromatic rings. The number of halogens is 2. The van der Waals surface area contributed by atoms with Gasteiger partial charge in [-0.3, -0.25) is 9.48 Å². The number of fused-ring (bicyclic) bond motifs is 1. The minimum Gasteiger partial charge on any atom is -0.337 e. The third-order valence-corrected chi connectivity index (χ3v) is 7.44. The smallest absolute Gasteiger partial charge is 0.239 e. The fourth-order valence-corrected chi connectivity index (χ4v) is 5.50. The Bertz CT molecular complexity index is 1210. The fraction of sp³-hybridized carbons (Fsp3) is 0.385. The largest absolute Gasteiger partial charge is 0.337 e. The lowest BCUT2D eigenvalue weighted by molar-refractivity contribution is -0.133. The molecular weight excluding hydrogens is 455 g/mol. The van der Waals surface area contributed by atoms with E-state index in [2.05, 4.69) is 41.6 Å². The molecule has 172 valence electrons. The summed E-state index contributed by atoms with van der Waals surface area (Å²) in [6.45, 7) is 4.47. The maximum atomic E-state index is 12.8. The third kappa shape index (κ3) is 4.54. The molecule has 5 rings (SSSR count). The number of rotatable bonds is 4. The Kier molecular flexibility index (Phi) is 6.46. The Labute approximate surface area is 204 Å². The first-order valence-electron chi connectivity index (χ1n) is 11.6. The van der Waals surface area contributed by atoms with E-state index in [4.69, 9.17) is 23.2 Å².